The van der Waals surface area contributed by atoms with E-state index in [4.69, 9.17) is 4.98 Å². The molecule has 1 saturated carbocycles. The van der Waals surface area contributed by atoms with Crippen molar-refractivity contribution in [2.45, 2.75) is 58.2 Å². The van der Waals surface area contributed by atoms with E-state index < -0.39 is 0 Å². The normalized spacial score (nSPS) is 16.2. The molecule has 4 heteroatoms. The lowest BCUT2D eigenvalue weighted by Crippen LogP contribution is -2.39. The van der Waals surface area contributed by atoms with Crippen molar-refractivity contribution in [2.75, 3.05) is 11.9 Å². The van der Waals surface area contributed by atoms with Crippen LogP contribution in [-0.4, -0.2) is 28.0 Å². The molecule has 0 radical (unpaired) electrons. The lowest BCUT2D eigenvalue weighted by molar-refractivity contribution is 0.396. The molecule has 0 bridgehead atoms. The highest BCUT2D eigenvalue weighted by Gasteiger charge is 2.26. The molecular weight excluding hydrogens is 260 g/mol. The first-order chi connectivity index (χ1) is 9.96. The fourth-order valence-electron chi connectivity index (χ4n) is 2.78. The Labute approximate surface area is 127 Å². The zero-order chi connectivity index (χ0) is 15.0. The first-order valence-electron chi connectivity index (χ1n) is 7.89. The smallest absolute Gasteiger partial charge is 0.152 e. The Morgan fingerprint density at radius 2 is 2.10 bits per heavy atom. The van der Waals surface area contributed by atoms with Gasteiger partial charge in [0.1, 0.15) is 5.65 Å². The zero-order valence-corrected chi connectivity index (χ0v) is 13.6. The van der Waals surface area contributed by atoms with E-state index >= 15 is 0 Å². The van der Waals surface area contributed by atoms with Crippen LogP contribution in [0.2, 0.25) is 0 Å². The predicted octanol–water partition coefficient (Wildman–Crippen LogP) is 3.21. The molecule has 1 N–H and O–H groups in total. The molecule has 0 amide bonds. The average Bonchev–Trinajstić information content (AvgIpc) is 2.72. The summed E-state index contributed by atoms with van der Waals surface area (Å²) < 4.78 is 2.21. The van der Waals surface area contributed by atoms with Crippen LogP contribution in [0, 0.1) is 0 Å². The minimum atomic E-state index is 0.102. The number of nitrogens with zero attached hydrogens (tertiary/aromatic N) is 3. The Bertz CT molecular complexity index is 619. The SMILES string of the molecule is CN(c1nc2ccccn2c1CNC(C)(C)C)C1CCC1. The maximum atomic E-state index is 4.87. The summed E-state index contributed by atoms with van der Waals surface area (Å²) in [5, 5.41) is 3.60. The second-order valence-electron chi connectivity index (χ2n) is 7.11. The van der Waals surface area contributed by atoms with Crippen LogP contribution in [0.25, 0.3) is 5.65 Å². The Morgan fingerprint density at radius 3 is 2.71 bits per heavy atom. The number of aromatic nitrogens is 2. The topological polar surface area (TPSA) is 32.6 Å². The minimum absolute atomic E-state index is 0.102. The Hall–Kier alpha value is -1.55. The Balaban J connectivity index is 1.96. The fourth-order valence-corrected chi connectivity index (χ4v) is 2.78. The molecule has 3 rings (SSSR count). The number of anilines is 1. The summed E-state index contributed by atoms with van der Waals surface area (Å²) in [6, 6.07) is 6.86. The molecule has 0 saturated heterocycles. The van der Waals surface area contributed by atoms with Gasteiger partial charge in [-0.05, 0) is 52.2 Å². The van der Waals surface area contributed by atoms with Crippen LogP contribution in [0.5, 0.6) is 0 Å². The zero-order valence-electron chi connectivity index (χ0n) is 13.6. The first kappa shape index (κ1) is 14.4. The molecule has 1 aliphatic carbocycles. The van der Waals surface area contributed by atoms with E-state index in [1.807, 2.05) is 0 Å². The molecule has 0 spiro atoms. The first-order valence-corrected chi connectivity index (χ1v) is 7.89. The highest BCUT2D eigenvalue weighted by atomic mass is 15.2. The number of nitrogens with one attached hydrogen (secondary N) is 1. The molecule has 0 aromatic carbocycles. The van der Waals surface area contributed by atoms with Gasteiger partial charge in [0.15, 0.2) is 5.82 Å². The van der Waals surface area contributed by atoms with Gasteiger partial charge in [0, 0.05) is 31.4 Å². The van der Waals surface area contributed by atoms with E-state index in [1.54, 1.807) is 0 Å². The molecule has 114 valence electrons. The minimum Gasteiger partial charge on any atom is -0.355 e. The van der Waals surface area contributed by atoms with Crippen molar-refractivity contribution < 1.29 is 0 Å². The van der Waals surface area contributed by atoms with Gasteiger partial charge >= 0.3 is 0 Å². The summed E-state index contributed by atoms with van der Waals surface area (Å²) in [6.07, 6.45) is 6.03. The van der Waals surface area contributed by atoms with Crippen molar-refractivity contribution in [1.82, 2.24) is 14.7 Å². The van der Waals surface area contributed by atoms with Crippen molar-refractivity contribution in [3.63, 3.8) is 0 Å². The van der Waals surface area contributed by atoms with Crippen LogP contribution in [-0.2, 0) is 6.54 Å². The van der Waals surface area contributed by atoms with Gasteiger partial charge in [-0.2, -0.15) is 0 Å². The maximum absolute atomic E-state index is 4.87. The molecule has 0 atom stereocenters. The van der Waals surface area contributed by atoms with Crippen LogP contribution >= 0.6 is 0 Å². The summed E-state index contributed by atoms with van der Waals surface area (Å²) in [5.41, 5.74) is 2.39. The second-order valence-corrected chi connectivity index (χ2v) is 7.11. The lowest BCUT2D eigenvalue weighted by Gasteiger charge is -2.35. The van der Waals surface area contributed by atoms with Crippen LogP contribution in [0.4, 0.5) is 5.82 Å². The van der Waals surface area contributed by atoms with E-state index in [2.05, 4.69) is 66.8 Å². The van der Waals surface area contributed by atoms with Crippen molar-refractivity contribution >= 4 is 11.5 Å². The fraction of sp³-hybridized carbons (Fsp3) is 0.588. The van der Waals surface area contributed by atoms with E-state index in [1.165, 1.54) is 25.0 Å². The van der Waals surface area contributed by atoms with Crippen molar-refractivity contribution in [3.8, 4) is 0 Å². The molecule has 4 nitrogen and oxygen atoms in total. The monoisotopic (exact) mass is 286 g/mol. The van der Waals surface area contributed by atoms with Gasteiger partial charge < -0.3 is 14.6 Å². The molecule has 2 aromatic rings. The van der Waals surface area contributed by atoms with Crippen molar-refractivity contribution in [1.29, 1.82) is 0 Å². The van der Waals surface area contributed by atoms with E-state index in [9.17, 15) is 0 Å². The number of pyridine rings is 1. The van der Waals surface area contributed by atoms with Crippen molar-refractivity contribution in [2.24, 2.45) is 0 Å². The predicted molar refractivity (Wildman–Crippen MR) is 87.8 cm³/mol. The van der Waals surface area contributed by atoms with Gasteiger partial charge in [-0.1, -0.05) is 6.07 Å². The van der Waals surface area contributed by atoms with Gasteiger partial charge in [-0.25, -0.2) is 4.98 Å². The number of fused-ring (bicyclic) bond motifs is 1. The van der Waals surface area contributed by atoms with Crippen LogP contribution in [0.1, 0.15) is 45.7 Å². The number of rotatable bonds is 4. The molecule has 2 heterocycles. The van der Waals surface area contributed by atoms with Gasteiger partial charge in [0.05, 0.1) is 5.69 Å². The number of hydrogen-bond donors (Lipinski definition) is 1. The van der Waals surface area contributed by atoms with Crippen LogP contribution in [0.15, 0.2) is 24.4 Å². The quantitative estimate of drug-likeness (QED) is 0.936. The molecule has 0 aliphatic heterocycles. The van der Waals surface area contributed by atoms with Gasteiger partial charge in [-0.3, -0.25) is 0 Å². The van der Waals surface area contributed by atoms with Gasteiger partial charge in [0.25, 0.3) is 0 Å². The summed E-state index contributed by atoms with van der Waals surface area (Å²) in [7, 11) is 2.19. The largest absolute Gasteiger partial charge is 0.355 e. The van der Waals surface area contributed by atoms with Crippen LogP contribution in [0.3, 0.4) is 0 Å². The maximum Gasteiger partial charge on any atom is 0.152 e. The molecule has 2 aromatic heterocycles. The number of hydrogen-bond acceptors (Lipinski definition) is 3. The van der Waals surface area contributed by atoms with E-state index in [0.717, 1.165) is 18.0 Å². The van der Waals surface area contributed by atoms with Crippen LogP contribution < -0.4 is 10.2 Å². The summed E-state index contributed by atoms with van der Waals surface area (Å²) in [4.78, 5) is 7.24. The Morgan fingerprint density at radius 1 is 1.33 bits per heavy atom. The second kappa shape index (κ2) is 5.34. The summed E-state index contributed by atoms with van der Waals surface area (Å²) >= 11 is 0. The summed E-state index contributed by atoms with van der Waals surface area (Å²) in [5.74, 6) is 1.13. The highest BCUT2D eigenvalue weighted by molar-refractivity contribution is 5.56. The lowest BCUT2D eigenvalue weighted by atomic mass is 9.92. The van der Waals surface area contributed by atoms with Gasteiger partial charge in [-0.15, -0.1) is 0 Å². The number of imidazole rings is 1. The standard InChI is InChI=1S/C17H26N4/c1-17(2,3)18-12-14-16(20(4)13-8-7-9-13)19-15-10-5-6-11-21(14)15/h5-6,10-11,13,18H,7-9,12H2,1-4H3. The van der Waals surface area contributed by atoms with Gasteiger partial charge in [0.2, 0.25) is 0 Å². The third kappa shape index (κ3) is 2.91. The van der Waals surface area contributed by atoms with Crippen molar-refractivity contribution in [3.05, 3.63) is 30.1 Å². The molecule has 1 aliphatic rings. The molecule has 1 fully saturated rings. The molecule has 21 heavy (non-hydrogen) atoms. The average molecular weight is 286 g/mol. The van der Waals surface area contributed by atoms with E-state index in [0.29, 0.717) is 6.04 Å². The van der Waals surface area contributed by atoms with E-state index in [-0.39, 0.29) is 5.54 Å². The third-order valence-corrected chi connectivity index (χ3v) is 4.35. The summed E-state index contributed by atoms with van der Waals surface area (Å²) in [6.45, 7) is 7.43. The molecule has 0 unspecified atom stereocenters. The Kier molecular flexibility index (Phi) is 3.66. The molecular formula is C17H26N4. The highest BCUT2D eigenvalue weighted by Crippen LogP contribution is 2.30. The third-order valence-electron chi connectivity index (χ3n) is 4.35.